The van der Waals surface area contributed by atoms with E-state index in [-0.39, 0.29) is 0 Å². The van der Waals surface area contributed by atoms with Crippen LogP contribution in [0.2, 0.25) is 0 Å². The molecule has 0 fully saturated rings. The minimum absolute atomic E-state index is 0.648. The Labute approximate surface area is 122 Å². The molecule has 2 aromatic rings. The van der Waals surface area contributed by atoms with Crippen LogP contribution in [0.3, 0.4) is 0 Å². The monoisotopic (exact) mass is 286 g/mol. The Morgan fingerprint density at radius 3 is 1.90 bits per heavy atom. The van der Waals surface area contributed by atoms with Gasteiger partial charge in [-0.3, -0.25) is 0 Å². The molecule has 0 saturated heterocycles. The van der Waals surface area contributed by atoms with E-state index in [1.165, 1.54) is 10.8 Å². The molecule has 0 radical (unpaired) electrons. The molecule has 0 saturated carbocycles. The summed E-state index contributed by atoms with van der Waals surface area (Å²) < 4.78 is 12.5. The summed E-state index contributed by atoms with van der Waals surface area (Å²) in [6, 6.07) is 18.7. The van der Waals surface area contributed by atoms with Gasteiger partial charge in [0, 0.05) is 18.4 Å². The predicted octanol–water partition coefficient (Wildman–Crippen LogP) is 2.62. The quantitative estimate of drug-likeness (QED) is 0.760. The fraction of sp³-hybridized carbons (Fsp3) is 0.294. The maximum Gasteiger partial charge on any atom is 0.407 e. The molecule has 2 nitrogen and oxygen atoms in total. The van der Waals surface area contributed by atoms with E-state index in [1.807, 2.05) is 32.0 Å². The van der Waals surface area contributed by atoms with E-state index in [2.05, 4.69) is 43.3 Å². The first-order valence-electron chi connectivity index (χ1n) is 7.14. The molecule has 2 aromatic carbocycles. The SMILES string of the molecule is CCO[Si](OCC)(c1ccccc1)c1ccccc1C. The predicted molar refractivity (Wildman–Crippen MR) is 85.9 cm³/mol. The van der Waals surface area contributed by atoms with E-state index in [0.29, 0.717) is 13.2 Å². The molecule has 0 bridgehead atoms. The molecular formula is C17H22O2Si. The molecule has 0 spiro atoms. The minimum Gasteiger partial charge on any atom is -0.388 e. The normalized spacial score (nSPS) is 11.6. The van der Waals surface area contributed by atoms with Crippen molar-refractivity contribution in [1.82, 2.24) is 0 Å². The highest BCUT2D eigenvalue weighted by Gasteiger charge is 2.43. The van der Waals surface area contributed by atoms with Crippen LogP contribution in [0.4, 0.5) is 0 Å². The van der Waals surface area contributed by atoms with Crippen molar-refractivity contribution in [3.05, 3.63) is 60.2 Å². The molecule has 0 aliphatic heterocycles. The smallest absolute Gasteiger partial charge is 0.388 e. The van der Waals surface area contributed by atoms with Crippen molar-refractivity contribution in [2.45, 2.75) is 20.8 Å². The van der Waals surface area contributed by atoms with Gasteiger partial charge in [0.15, 0.2) is 0 Å². The molecule has 0 N–H and O–H groups in total. The Hall–Kier alpha value is -1.42. The highest BCUT2D eigenvalue weighted by atomic mass is 28.4. The van der Waals surface area contributed by atoms with Gasteiger partial charge >= 0.3 is 8.56 Å². The van der Waals surface area contributed by atoms with Crippen molar-refractivity contribution in [3.63, 3.8) is 0 Å². The van der Waals surface area contributed by atoms with E-state index >= 15 is 0 Å². The average Bonchev–Trinajstić information content (AvgIpc) is 2.48. The summed E-state index contributed by atoms with van der Waals surface area (Å²) in [5.41, 5.74) is 1.23. The second kappa shape index (κ2) is 6.84. The first kappa shape index (κ1) is 15.0. The van der Waals surface area contributed by atoms with Gasteiger partial charge in [-0.25, -0.2) is 0 Å². The molecular weight excluding hydrogens is 264 g/mol. The molecule has 0 unspecified atom stereocenters. The van der Waals surface area contributed by atoms with E-state index in [1.54, 1.807) is 0 Å². The third-order valence-electron chi connectivity index (χ3n) is 3.35. The van der Waals surface area contributed by atoms with Crippen LogP contribution < -0.4 is 10.4 Å². The lowest BCUT2D eigenvalue weighted by Gasteiger charge is -2.31. The maximum absolute atomic E-state index is 6.24. The summed E-state index contributed by atoms with van der Waals surface area (Å²) in [6.45, 7) is 7.48. The Balaban J connectivity index is 2.62. The maximum atomic E-state index is 6.24. The Morgan fingerprint density at radius 2 is 1.35 bits per heavy atom. The number of hydrogen-bond acceptors (Lipinski definition) is 2. The summed E-state index contributed by atoms with van der Waals surface area (Å²) in [4.78, 5) is 0. The molecule has 0 aliphatic rings. The second-order valence-electron chi connectivity index (χ2n) is 4.66. The van der Waals surface area contributed by atoms with Gasteiger partial charge in [0.2, 0.25) is 0 Å². The molecule has 0 heterocycles. The summed E-state index contributed by atoms with van der Waals surface area (Å²) in [5, 5.41) is 2.37. The topological polar surface area (TPSA) is 18.5 Å². The average molecular weight is 286 g/mol. The van der Waals surface area contributed by atoms with Gasteiger partial charge in [-0.1, -0.05) is 54.6 Å². The van der Waals surface area contributed by atoms with Gasteiger partial charge in [-0.15, -0.1) is 0 Å². The fourth-order valence-corrected chi connectivity index (χ4v) is 5.93. The second-order valence-corrected chi connectivity index (χ2v) is 7.59. The first-order valence-corrected chi connectivity index (χ1v) is 8.95. The van der Waals surface area contributed by atoms with Crippen molar-refractivity contribution in [2.24, 2.45) is 0 Å². The summed E-state index contributed by atoms with van der Waals surface area (Å²) >= 11 is 0. The lowest BCUT2D eigenvalue weighted by atomic mass is 10.2. The van der Waals surface area contributed by atoms with Crippen LogP contribution in [0.5, 0.6) is 0 Å². The summed E-state index contributed by atoms with van der Waals surface area (Å²) in [7, 11) is -2.59. The molecule has 3 heteroatoms. The molecule has 0 atom stereocenters. The molecule has 106 valence electrons. The minimum atomic E-state index is -2.59. The van der Waals surface area contributed by atoms with E-state index in [4.69, 9.17) is 8.85 Å². The van der Waals surface area contributed by atoms with E-state index < -0.39 is 8.56 Å². The van der Waals surface area contributed by atoms with Gasteiger partial charge in [-0.2, -0.15) is 0 Å². The van der Waals surface area contributed by atoms with Gasteiger partial charge in [0.25, 0.3) is 0 Å². The molecule has 0 amide bonds. The molecule has 20 heavy (non-hydrogen) atoms. The lowest BCUT2D eigenvalue weighted by Crippen LogP contribution is -2.64. The summed E-state index contributed by atoms with van der Waals surface area (Å²) in [5.74, 6) is 0. The Bertz CT molecular complexity index is 534. The molecule has 2 rings (SSSR count). The Kier molecular flexibility index (Phi) is 5.12. The summed E-state index contributed by atoms with van der Waals surface area (Å²) in [6.07, 6.45) is 0. The highest BCUT2D eigenvalue weighted by Crippen LogP contribution is 2.12. The zero-order chi connectivity index (χ0) is 14.4. The van der Waals surface area contributed by atoms with Gasteiger partial charge < -0.3 is 8.85 Å². The van der Waals surface area contributed by atoms with Crippen LogP contribution in [-0.2, 0) is 8.85 Å². The third kappa shape index (κ3) is 2.85. The van der Waals surface area contributed by atoms with Gasteiger partial charge in [0.05, 0.1) is 0 Å². The van der Waals surface area contributed by atoms with Crippen molar-refractivity contribution < 1.29 is 8.85 Å². The van der Waals surface area contributed by atoms with E-state index in [0.717, 1.165) is 5.19 Å². The van der Waals surface area contributed by atoms with Crippen molar-refractivity contribution >= 4 is 18.9 Å². The number of hydrogen-bond donors (Lipinski definition) is 0. The zero-order valence-electron chi connectivity index (χ0n) is 12.4. The largest absolute Gasteiger partial charge is 0.407 e. The van der Waals surface area contributed by atoms with Crippen LogP contribution in [0.25, 0.3) is 0 Å². The van der Waals surface area contributed by atoms with Crippen LogP contribution in [0.15, 0.2) is 54.6 Å². The van der Waals surface area contributed by atoms with Crippen molar-refractivity contribution in [3.8, 4) is 0 Å². The molecule has 0 aromatic heterocycles. The van der Waals surface area contributed by atoms with E-state index in [9.17, 15) is 0 Å². The van der Waals surface area contributed by atoms with Crippen LogP contribution in [0.1, 0.15) is 19.4 Å². The number of rotatable bonds is 6. The Morgan fingerprint density at radius 1 is 0.800 bits per heavy atom. The standard InChI is InChI=1S/C17H22O2Si/c1-4-18-20(19-5-2,16-12-7-6-8-13-16)17-14-10-9-11-15(17)3/h6-14H,4-5H2,1-3H3. The first-order chi connectivity index (χ1) is 9.74. The van der Waals surface area contributed by atoms with Gasteiger partial charge in [0.1, 0.15) is 0 Å². The number of benzene rings is 2. The van der Waals surface area contributed by atoms with Crippen molar-refractivity contribution in [1.29, 1.82) is 0 Å². The lowest BCUT2D eigenvalue weighted by molar-refractivity contribution is 0.208. The fourth-order valence-electron chi connectivity index (χ4n) is 2.53. The third-order valence-corrected chi connectivity index (χ3v) is 7.10. The molecule has 0 aliphatic carbocycles. The van der Waals surface area contributed by atoms with Crippen LogP contribution >= 0.6 is 0 Å². The highest BCUT2D eigenvalue weighted by molar-refractivity contribution is 6.92. The number of aryl methyl sites for hydroxylation is 1. The zero-order valence-corrected chi connectivity index (χ0v) is 13.4. The van der Waals surface area contributed by atoms with Crippen LogP contribution in [0, 0.1) is 6.92 Å². The van der Waals surface area contributed by atoms with Crippen molar-refractivity contribution in [2.75, 3.05) is 13.2 Å². The van der Waals surface area contributed by atoms with Crippen LogP contribution in [-0.4, -0.2) is 21.8 Å². The van der Waals surface area contributed by atoms with Gasteiger partial charge in [-0.05, 0) is 31.5 Å².